The van der Waals surface area contributed by atoms with E-state index in [-0.39, 0.29) is 24.8 Å². The monoisotopic (exact) mass is 363 g/mol. The number of aliphatic hydroxyl groups is 1. The lowest BCUT2D eigenvalue weighted by atomic mass is 10.1. The molecule has 8 nitrogen and oxygen atoms in total. The molecule has 26 heavy (non-hydrogen) atoms. The molecule has 0 atom stereocenters. The Labute approximate surface area is 147 Å². The van der Waals surface area contributed by atoms with Crippen LogP contribution in [0.5, 0.6) is 11.6 Å². The Morgan fingerprint density at radius 3 is 2.81 bits per heavy atom. The van der Waals surface area contributed by atoms with E-state index in [0.717, 1.165) is 0 Å². The second-order valence-corrected chi connectivity index (χ2v) is 5.14. The lowest BCUT2D eigenvalue weighted by Gasteiger charge is -2.10. The summed E-state index contributed by atoms with van der Waals surface area (Å²) in [4.78, 5) is 12.6. The topological polar surface area (TPSA) is 95.2 Å². The number of alkyl halides is 2. The summed E-state index contributed by atoms with van der Waals surface area (Å²) in [6.07, 6.45) is 2.98. The zero-order chi connectivity index (χ0) is 18.5. The molecule has 0 spiro atoms. The van der Waals surface area contributed by atoms with Gasteiger partial charge in [0.2, 0.25) is 5.88 Å². The number of hydrogen-bond acceptors (Lipinski definition) is 7. The zero-order valence-corrected chi connectivity index (χ0v) is 13.7. The summed E-state index contributed by atoms with van der Waals surface area (Å²) in [5.41, 5.74) is 1.45. The average molecular weight is 363 g/mol. The summed E-state index contributed by atoms with van der Waals surface area (Å²) in [6, 6.07) is 6.12. The van der Waals surface area contributed by atoms with Crippen LogP contribution in [0.4, 0.5) is 8.78 Å². The van der Waals surface area contributed by atoms with E-state index < -0.39 is 6.61 Å². The summed E-state index contributed by atoms with van der Waals surface area (Å²) in [5, 5.41) is 13.1. The third kappa shape index (κ3) is 4.09. The van der Waals surface area contributed by atoms with E-state index in [0.29, 0.717) is 22.8 Å². The number of nitrogens with zero attached hydrogens (tertiary/aromatic N) is 5. The first-order chi connectivity index (χ1) is 12.6. The third-order valence-corrected chi connectivity index (χ3v) is 3.36. The number of aromatic nitrogens is 5. The average Bonchev–Trinajstić information content (AvgIpc) is 3.09. The van der Waals surface area contributed by atoms with Crippen molar-refractivity contribution in [3.05, 3.63) is 48.3 Å². The molecule has 0 fully saturated rings. The van der Waals surface area contributed by atoms with E-state index in [1.807, 2.05) is 0 Å². The number of aliphatic hydroxyl groups excluding tert-OH is 1. The van der Waals surface area contributed by atoms with Crippen LogP contribution in [0.1, 0.15) is 11.5 Å². The molecule has 0 unspecified atom stereocenters. The molecule has 0 saturated heterocycles. The Morgan fingerprint density at radius 1 is 1.27 bits per heavy atom. The molecule has 2 heterocycles. The van der Waals surface area contributed by atoms with Gasteiger partial charge in [0, 0.05) is 5.56 Å². The molecule has 136 valence electrons. The highest BCUT2D eigenvalue weighted by Crippen LogP contribution is 2.29. The van der Waals surface area contributed by atoms with E-state index in [1.54, 1.807) is 12.1 Å². The number of benzene rings is 1. The van der Waals surface area contributed by atoms with Crippen LogP contribution in [-0.4, -0.2) is 43.6 Å². The van der Waals surface area contributed by atoms with E-state index in [4.69, 9.17) is 9.84 Å². The minimum Gasteiger partial charge on any atom is -0.479 e. The maximum Gasteiger partial charge on any atom is 0.387 e. The predicted octanol–water partition coefficient (Wildman–Crippen LogP) is 1.89. The van der Waals surface area contributed by atoms with Crippen LogP contribution in [0.2, 0.25) is 0 Å². The van der Waals surface area contributed by atoms with Gasteiger partial charge in [0.25, 0.3) is 0 Å². The van der Waals surface area contributed by atoms with Crippen molar-refractivity contribution in [2.24, 2.45) is 0 Å². The molecular formula is C16H15F2N5O3. The maximum absolute atomic E-state index is 12.4. The first-order valence-corrected chi connectivity index (χ1v) is 7.53. The molecule has 0 aliphatic carbocycles. The Balaban J connectivity index is 1.92. The van der Waals surface area contributed by atoms with Crippen LogP contribution in [0, 0.1) is 0 Å². The highest BCUT2D eigenvalue weighted by Gasteiger charge is 2.13. The van der Waals surface area contributed by atoms with Crippen LogP contribution in [0.25, 0.3) is 11.3 Å². The van der Waals surface area contributed by atoms with Crippen LogP contribution in [0.15, 0.2) is 36.8 Å². The maximum atomic E-state index is 12.4. The number of halogens is 2. The fourth-order valence-corrected chi connectivity index (χ4v) is 2.30. The van der Waals surface area contributed by atoms with Gasteiger partial charge in [0.1, 0.15) is 24.4 Å². The lowest BCUT2D eigenvalue weighted by molar-refractivity contribution is -0.0498. The highest BCUT2D eigenvalue weighted by atomic mass is 19.3. The first kappa shape index (κ1) is 17.7. The van der Waals surface area contributed by atoms with Crippen LogP contribution < -0.4 is 9.47 Å². The third-order valence-electron chi connectivity index (χ3n) is 3.36. The number of rotatable bonds is 7. The van der Waals surface area contributed by atoms with Crippen molar-refractivity contribution in [2.75, 3.05) is 7.11 Å². The minimum atomic E-state index is -2.92. The predicted molar refractivity (Wildman–Crippen MR) is 85.7 cm³/mol. The molecule has 0 radical (unpaired) electrons. The van der Waals surface area contributed by atoms with Gasteiger partial charge in [-0.25, -0.2) is 19.6 Å². The van der Waals surface area contributed by atoms with Gasteiger partial charge in [-0.2, -0.15) is 13.9 Å². The molecule has 2 aromatic heterocycles. The van der Waals surface area contributed by atoms with Crippen LogP contribution in [-0.2, 0) is 13.2 Å². The number of methoxy groups -OCH3 is 1. The number of ether oxygens (including phenoxy) is 2. The molecule has 3 rings (SSSR count). The second-order valence-electron chi connectivity index (χ2n) is 5.14. The van der Waals surface area contributed by atoms with E-state index in [9.17, 15) is 8.78 Å². The molecule has 3 aromatic rings. The van der Waals surface area contributed by atoms with E-state index in [1.165, 1.54) is 36.4 Å². The molecular weight excluding hydrogens is 348 g/mol. The fraction of sp³-hybridized carbons (Fsp3) is 0.250. The Bertz CT molecular complexity index is 888. The van der Waals surface area contributed by atoms with Crippen molar-refractivity contribution < 1.29 is 23.4 Å². The highest BCUT2D eigenvalue weighted by molar-refractivity contribution is 5.66. The SMILES string of the molecule is COc1ncc(Cn2cnc(CO)n2)nc1-c1cccc(OC(F)F)c1. The molecule has 10 heteroatoms. The summed E-state index contributed by atoms with van der Waals surface area (Å²) < 4.78 is 36.0. The van der Waals surface area contributed by atoms with Gasteiger partial charge >= 0.3 is 6.61 Å². The molecule has 0 bridgehead atoms. The molecule has 1 aromatic carbocycles. The summed E-state index contributed by atoms with van der Waals surface area (Å²) in [6.45, 7) is -2.91. The van der Waals surface area contributed by atoms with Gasteiger partial charge in [0.05, 0.1) is 25.5 Å². The van der Waals surface area contributed by atoms with Crippen molar-refractivity contribution in [3.8, 4) is 22.9 Å². The van der Waals surface area contributed by atoms with Crippen molar-refractivity contribution in [3.63, 3.8) is 0 Å². The summed E-state index contributed by atoms with van der Waals surface area (Å²) in [5.74, 6) is 0.553. The van der Waals surface area contributed by atoms with Crippen molar-refractivity contribution >= 4 is 0 Å². The van der Waals surface area contributed by atoms with Gasteiger partial charge in [0.15, 0.2) is 5.82 Å². The zero-order valence-electron chi connectivity index (χ0n) is 13.7. The molecule has 1 N–H and O–H groups in total. The molecule has 0 saturated carbocycles. The van der Waals surface area contributed by atoms with Crippen LogP contribution >= 0.6 is 0 Å². The standard InChI is InChI=1S/C16H15F2N5O3/c1-25-15-14(10-3-2-4-12(5-10)26-16(17)18)21-11(6-19-15)7-23-9-20-13(8-24)22-23/h2-6,9,16,24H,7-8H2,1H3. The molecule has 0 amide bonds. The van der Waals surface area contributed by atoms with Gasteiger partial charge in [-0.15, -0.1) is 0 Å². The second kappa shape index (κ2) is 7.83. The fourth-order valence-electron chi connectivity index (χ4n) is 2.30. The minimum absolute atomic E-state index is 0.00983. The number of hydrogen-bond donors (Lipinski definition) is 1. The van der Waals surface area contributed by atoms with Gasteiger partial charge < -0.3 is 14.6 Å². The Morgan fingerprint density at radius 2 is 2.12 bits per heavy atom. The Hall–Kier alpha value is -3.14. The normalized spacial score (nSPS) is 11.0. The van der Waals surface area contributed by atoms with Gasteiger partial charge in [-0.05, 0) is 12.1 Å². The molecule has 0 aliphatic rings. The molecule has 0 aliphatic heterocycles. The van der Waals surface area contributed by atoms with Crippen molar-refractivity contribution in [2.45, 2.75) is 19.8 Å². The van der Waals surface area contributed by atoms with Crippen molar-refractivity contribution in [1.29, 1.82) is 0 Å². The largest absolute Gasteiger partial charge is 0.479 e. The van der Waals surface area contributed by atoms with Crippen LogP contribution in [0.3, 0.4) is 0 Å². The van der Waals surface area contributed by atoms with E-state index >= 15 is 0 Å². The van der Waals surface area contributed by atoms with Crippen molar-refractivity contribution in [1.82, 2.24) is 24.7 Å². The van der Waals surface area contributed by atoms with Gasteiger partial charge in [-0.1, -0.05) is 12.1 Å². The first-order valence-electron chi connectivity index (χ1n) is 7.53. The quantitative estimate of drug-likeness (QED) is 0.685. The lowest BCUT2D eigenvalue weighted by Crippen LogP contribution is -2.06. The smallest absolute Gasteiger partial charge is 0.387 e. The summed E-state index contributed by atoms with van der Waals surface area (Å²) >= 11 is 0. The van der Waals surface area contributed by atoms with Gasteiger partial charge in [-0.3, -0.25) is 0 Å². The van der Waals surface area contributed by atoms with E-state index in [2.05, 4.69) is 24.8 Å². The summed E-state index contributed by atoms with van der Waals surface area (Å²) in [7, 11) is 1.44. The Kier molecular flexibility index (Phi) is 5.32.